The van der Waals surface area contributed by atoms with Gasteiger partial charge < -0.3 is 0 Å². The van der Waals surface area contributed by atoms with E-state index in [1.165, 1.54) is 0 Å². The highest BCUT2D eigenvalue weighted by molar-refractivity contribution is 7.92. The van der Waals surface area contributed by atoms with Crippen molar-refractivity contribution in [2.45, 2.75) is 37.2 Å². The molecule has 1 saturated heterocycles. The molecule has 0 unspecified atom stereocenters. The van der Waals surface area contributed by atoms with Crippen LogP contribution >= 0.6 is 0 Å². The van der Waals surface area contributed by atoms with Crippen molar-refractivity contribution in [3.05, 3.63) is 0 Å². The summed E-state index contributed by atoms with van der Waals surface area (Å²) in [4.78, 5) is 10.9. The van der Waals surface area contributed by atoms with Crippen LogP contribution < -0.4 is 0 Å². The Morgan fingerprint density at radius 2 is 1.55 bits per heavy atom. The molecule has 1 aliphatic rings. The second kappa shape index (κ2) is 2.59. The first kappa shape index (κ1) is 8.71. The monoisotopic (exact) mass is 176 g/mol. The largest absolute Gasteiger partial charge is 0.300 e. The lowest BCUT2D eigenvalue weighted by Crippen LogP contribution is -2.37. The summed E-state index contributed by atoms with van der Waals surface area (Å²) in [5.74, 6) is 0.0693. The van der Waals surface area contributed by atoms with Gasteiger partial charge in [-0.3, -0.25) is 4.79 Å². The van der Waals surface area contributed by atoms with Gasteiger partial charge in [0.05, 0.1) is 10.5 Å². The van der Waals surface area contributed by atoms with Gasteiger partial charge in [-0.25, -0.2) is 8.42 Å². The van der Waals surface area contributed by atoms with E-state index in [1.54, 1.807) is 13.8 Å². The van der Waals surface area contributed by atoms with E-state index < -0.39 is 20.3 Å². The summed E-state index contributed by atoms with van der Waals surface area (Å²) in [5.41, 5.74) is 0. The summed E-state index contributed by atoms with van der Waals surface area (Å²) in [6, 6.07) is 0. The number of rotatable bonds is 0. The molecule has 0 aromatic carbocycles. The van der Waals surface area contributed by atoms with Crippen LogP contribution in [0.4, 0.5) is 0 Å². The number of hydrogen-bond acceptors (Lipinski definition) is 3. The molecular weight excluding hydrogens is 164 g/mol. The second-order valence-corrected chi connectivity index (χ2v) is 5.94. The number of carbonyl (C=O) groups is 1. The fourth-order valence-electron chi connectivity index (χ4n) is 1.35. The Hall–Kier alpha value is -0.380. The van der Waals surface area contributed by atoms with Crippen molar-refractivity contribution in [2.75, 3.05) is 0 Å². The van der Waals surface area contributed by atoms with Gasteiger partial charge in [-0.05, 0) is 13.8 Å². The maximum atomic E-state index is 11.3. The minimum absolute atomic E-state index is 0.0693. The molecule has 1 fully saturated rings. The molecule has 2 atom stereocenters. The average molecular weight is 176 g/mol. The Labute approximate surface area is 66.7 Å². The van der Waals surface area contributed by atoms with Gasteiger partial charge in [0.25, 0.3) is 0 Å². The van der Waals surface area contributed by atoms with Crippen LogP contribution in [-0.4, -0.2) is 24.7 Å². The molecule has 0 bridgehead atoms. The van der Waals surface area contributed by atoms with Crippen LogP contribution in [0, 0.1) is 0 Å². The van der Waals surface area contributed by atoms with Gasteiger partial charge in [0.2, 0.25) is 0 Å². The summed E-state index contributed by atoms with van der Waals surface area (Å²) in [5, 5.41) is -0.947. The molecule has 0 spiro atoms. The van der Waals surface area contributed by atoms with Gasteiger partial charge in [0, 0.05) is 12.8 Å². The summed E-state index contributed by atoms with van der Waals surface area (Å²) in [7, 11) is -2.99. The van der Waals surface area contributed by atoms with Gasteiger partial charge in [-0.1, -0.05) is 0 Å². The molecule has 3 nitrogen and oxygen atoms in total. The summed E-state index contributed by atoms with van der Waals surface area (Å²) in [6.07, 6.45) is 0.402. The molecule has 11 heavy (non-hydrogen) atoms. The highest BCUT2D eigenvalue weighted by Gasteiger charge is 2.35. The Morgan fingerprint density at radius 1 is 1.18 bits per heavy atom. The second-order valence-electron chi connectivity index (χ2n) is 3.16. The molecule has 0 saturated carbocycles. The lowest BCUT2D eigenvalue weighted by molar-refractivity contribution is -0.119. The van der Waals surface area contributed by atoms with E-state index in [0.717, 1.165) is 0 Å². The Kier molecular flexibility index (Phi) is 2.05. The Bertz CT molecular complexity index is 245. The molecule has 0 aromatic heterocycles. The van der Waals surface area contributed by atoms with E-state index in [4.69, 9.17) is 0 Å². The van der Waals surface area contributed by atoms with Gasteiger partial charge in [0.1, 0.15) is 5.78 Å². The van der Waals surface area contributed by atoms with Crippen LogP contribution in [0.1, 0.15) is 26.7 Å². The summed E-state index contributed by atoms with van der Waals surface area (Å²) in [6.45, 7) is 3.20. The van der Waals surface area contributed by atoms with Crippen molar-refractivity contribution < 1.29 is 13.2 Å². The SMILES string of the molecule is C[C@@H]1CC(=O)C[C@@H](C)S1(=O)=O. The zero-order valence-electron chi connectivity index (χ0n) is 6.70. The molecule has 0 amide bonds. The number of hydrogen-bond donors (Lipinski definition) is 0. The third kappa shape index (κ3) is 1.45. The third-order valence-electron chi connectivity index (χ3n) is 2.15. The number of Topliss-reactive ketones (excluding diaryl/α,β-unsaturated/α-hetero) is 1. The van der Waals surface area contributed by atoms with E-state index in [9.17, 15) is 13.2 Å². The normalized spacial score (nSPS) is 37.1. The van der Waals surface area contributed by atoms with E-state index >= 15 is 0 Å². The van der Waals surface area contributed by atoms with Gasteiger partial charge in [-0.2, -0.15) is 0 Å². The Balaban J connectivity index is 2.93. The zero-order valence-corrected chi connectivity index (χ0v) is 7.52. The van der Waals surface area contributed by atoms with Gasteiger partial charge >= 0.3 is 0 Å². The summed E-state index contributed by atoms with van der Waals surface area (Å²) < 4.78 is 22.6. The summed E-state index contributed by atoms with van der Waals surface area (Å²) >= 11 is 0. The highest BCUT2D eigenvalue weighted by atomic mass is 32.2. The van der Waals surface area contributed by atoms with Crippen molar-refractivity contribution in [1.82, 2.24) is 0 Å². The fraction of sp³-hybridized carbons (Fsp3) is 0.857. The first-order valence-corrected chi connectivity index (χ1v) is 5.30. The lowest BCUT2D eigenvalue weighted by atomic mass is 10.1. The molecule has 1 heterocycles. The van der Waals surface area contributed by atoms with Crippen LogP contribution in [-0.2, 0) is 14.6 Å². The smallest absolute Gasteiger partial charge is 0.156 e. The first-order chi connectivity index (χ1) is 4.94. The van der Waals surface area contributed by atoms with Gasteiger partial charge in [0.15, 0.2) is 9.84 Å². The molecule has 64 valence electrons. The first-order valence-electron chi connectivity index (χ1n) is 3.69. The lowest BCUT2D eigenvalue weighted by Gasteiger charge is -2.23. The third-order valence-corrected chi connectivity index (χ3v) is 4.73. The fourth-order valence-corrected chi connectivity index (χ4v) is 2.98. The molecule has 1 rings (SSSR count). The van der Waals surface area contributed by atoms with E-state index in [1.807, 2.05) is 0 Å². The van der Waals surface area contributed by atoms with Crippen LogP contribution in [0.15, 0.2) is 0 Å². The van der Waals surface area contributed by atoms with Crippen molar-refractivity contribution in [3.8, 4) is 0 Å². The predicted octanol–water partition coefficient (Wildman–Crippen LogP) is 0.541. The van der Waals surface area contributed by atoms with E-state index in [2.05, 4.69) is 0 Å². The molecule has 0 radical (unpaired) electrons. The van der Waals surface area contributed by atoms with Crippen LogP contribution in [0.25, 0.3) is 0 Å². The minimum Gasteiger partial charge on any atom is -0.300 e. The van der Waals surface area contributed by atoms with Crippen molar-refractivity contribution in [2.24, 2.45) is 0 Å². The molecule has 1 aliphatic heterocycles. The predicted molar refractivity (Wildman–Crippen MR) is 42.1 cm³/mol. The topological polar surface area (TPSA) is 51.2 Å². The van der Waals surface area contributed by atoms with Crippen molar-refractivity contribution >= 4 is 15.6 Å². The Morgan fingerprint density at radius 3 is 1.91 bits per heavy atom. The van der Waals surface area contributed by atoms with Crippen molar-refractivity contribution in [3.63, 3.8) is 0 Å². The zero-order chi connectivity index (χ0) is 8.65. The average Bonchev–Trinajstić information content (AvgIpc) is 1.84. The van der Waals surface area contributed by atoms with E-state index in [-0.39, 0.29) is 18.6 Å². The maximum Gasteiger partial charge on any atom is 0.156 e. The molecule has 0 N–H and O–H groups in total. The van der Waals surface area contributed by atoms with Crippen LogP contribution in [0.3, 0.4) is 0 Å². The van der Waals surface area contributed by atoms with Gasteiger partial charge in [-0.15, -0.1) is 0 Å². The standard InChI is InChI=1S/C7H12O3S/c1-5-3-7(8)4-6(2)11(5,9)10/h5-6H,3-4H2,1-2H3/t5-,6-/m1/s1. The number of sulfone groups is 1. The maximum absolute atomic E-state index is 11.3. The molecule has 0 aliphatic carbocycles. The number of ketones is 1. The van der Waals surface area contributed by atoms with Crippen molar-refractivity contribution in [1.29, 1.82) is 0 Å². The van der Waals surface area contributed by atoms with E-state index in [0.29, 0.717) is 0 Å². The minimum atomic E-state index is -2.99. The molecule has 4 heteroatoms. The van der Waals surface area contributed by atoms with Crippen LogP contribution in [0.5, 0.6) is 0 Å². The molecular formula is C7H12O3S. The quantitative estimate of drug-likeness (QED) is 0.541. The van der Waals surface area contributed by atoms with Crippen LogP contribution in [0.2, 0.25) is 0 Å². The number of carbonyl (C=O) groups excluding carboxylic acids is 1. The highest BCUT2D eigenvalue weighted by Crippen LogP contribution is 2.22. The molecule has 0 aromatic rings.